The van der Waals surface area contributed by atoms with E-state index in [9.17, 15) is 0 Å². The molecule has 1 aliphatic heterocycles. The Balaban J connectivity index is 1.87. The van der Waals surface area contributed by atoms with Crippen molar-refractivity contribution in [3.8, 4) is 0 Å². The Hall–Kier alpha value is -2.19. The Labute approximate surface area is 149 Å². The van der Waals surface area contributed by atoms with Crippen LogP contribution in [0.1, 0.15) is 18.5 Å². The zero-order chi connectivity index (χ0) is 18.1. The predicted molar refractivity (Wildman–Crippen MR) is 101 cm³/mol. The van der Waals surface area contributed by atoms with Gasteiger partial charge in [0, 0.05) is 39.6 Å². The van der Waals surface area contributed by atoms with E-state index in [0.717, 1.165) is 32.8 Å². The molecule has 0 amide bonds. The van der Waals surface area contributed by atoms with Crippen molar-refractivity contribution in [1.82, 2.24) is 14.9 Å². The van der Waals surface area contributed by atoms with E-state index in [1.807, 2.05) is 0 Å². The van der Waals surface area contributed by atoms with Gasteiger partial charge in [0.15, 0.2) is 0 Å². The van der Waals surface area contributed by atoms with E-state index in [-0.39, 0.29) is 0 Å². The third kappa shape index (κ3) is 5.68. The van der Waals surface area contributed by atoms with E-state index in [4.69, 9.17) is 16.2 Å². The van der Waals surface area contributed by atoms with Crippen molar-refractivity contribution < 1.29 is 4.74 Å². The molecular weight excluding hydrogens is 318 g/mol. The van der Waals surface area contributed by atoms with Gasteiger partial charge in [-0.1, -0.05) is 0 Å². The number of amidine groups is 1. The quantitative estimate of drug-likeness (QED) is 0.464. The summed E-state index contributed by atoms with van der Waals surface area (Å²) in [5.74, 6) is 1.57. The van der Waals surface area contributed by atoms with Crippen LogP contribution in [0.3, 0.4) is 0 Å². The number of hydrogen-bond acceptors (Lipinski definition) is 7. The van der Waals surface area contributed by atoms with E-state index < -0.39 is 0 Å². The highest BCUT2D eigenvalue weighted by molar-refractivity contribution is 6.21. The standard InChI is InChI=1S/C17H29N7O/c1-20-16(19)14(11-18)15-3-6-21-17(23-15)22-12-13-4-7-24(8-5-13)9-10-25-2/h3,6,11,13H,4-5,7-10,12,18H2,1-2H3,(H2,19,20)(H,21,22,23). The molecule has 1 saturated heterocycles. The van der Waals surface area contributed by atoms with Crippen LogP contribution in [0, 0.1) is 5.92 Å². The summed E-state index contributed by atoms with van der Waals surface area (Å²) in [7, 11) is 3.37. The Morgan fingerprint density at radius 1 is 1.48 bits per heavy atom. The van der Waals surface area contributed by atoms with Gasteiger partial charge in [-0.3, -0.25) is 4.99 Å². The van der Waals surface area contributed by atoms with Crippen LogP contribution in [-0.4, -0.2) is 67.6 Å². The second-order valence-corrected chi connectivity index (χ2v) is 6.11. The van der Waals surface area contributed by atoms with Crippen LogP contribution in [0.4, 0.5) is 5.95 Å². The lowest BCUT2D eigenvalue weighted by Gasteiger charge is -2.31. The number of aliphatic imine (C=N–C) groups is 1. The minimum atomic E-state index is 0.357. The lowest BCUT2D eigenvalue weighted by atomic mass is 9.97. The molecule has 1 aromatic rings. The smallest absolute Gasteiger partial charge is 0.223 e. The first-order valence-electron chi connectivity index (χ1n) is 8.61. The molecule has 0 aliphatic carbocycles. The predicted octanol–water partition coefficient (Wildman–Crippen LogP) is 0.533. The van der Waals surface area contributed by atoms with Crippen LogP contribution in [0.25, 0.3) is 5.57 Å². The van der Waals surface area contributed by atoms with E-state index in [0.29, 0.717) is 29.0 Å². The van der Waals surface area contributed by atoms with E-state index >= 15 is 0 Å². The normalized spacial score (nSPS) is 17.7. The van der Waals surface area contributed by atoms with E-state index in [2.05, 4.69) is 25.2 Å². The second-order valence-electron chi connectivity index (χ2n) is 6.11. The molecular formula is C17H29N7O. The maximum Gasteiger partial charge on any atom is 0.223 e. The third-order valence-corrected chi connectivity index (χ3v) is 4.48. The molecule has 0 radical (unpaired) electrons. The van der Waals surface area contributed by atoms with Crippen LogP contribution < -0.4 is 16.8 Å². The zero-order valence-electron chi connectivity index (χ0n) is 15.1. The topological polar surface area (TPSA) is 115 Å². The number of nitrogens with one attached hydrogen (secondary N) is 1. The summed E-state index contributed by atoms with van der Waals surface area (Å²) in [6, 6.07) is 1.77. The Morgan fingerprint density at radius 3 is 2.88 bits per heavy atom. The molecule has 0 unspecified atom stereocenters. The van der Waals surface area contributed by atoms with Crippen LogP contribution >= 0.6 is 0 Å². The minimum absolute atomic E-state index is 0.357. The van der Waals surface area contributed by atoms with Crippen molar-refractivity contribution in [3.63, 3.8) is 0 Å². The van der Waals surface area contributed by atoms with Gasteiger partial charge >= 0.3 is 0 Å². The van der Waals surface area contributed by atoms with Crippen molar-refractivity contribution in [1.29, 1.82) is 0 Å². The first-order valence-corrected chi connectivity index (χ1v) is 8.61. The molecule has 138 valence electrons. The number of nitrogens with two attached hydrogens (primary N) is 2. The van der Waals surface area contributed by atoms with Crippen molar-refractivity contribution in [3.05, 3.63) is 24.2 Å². The van der Waals surface area contributed by atoms with Gasteiger partial charge in [-0.25, -0.2) is 9.97 Å². The molecule has 1 fully saturated rings. The molecule has 0 saturated carbocycles. The third-order valence-electron chi connectivity index (χ3n) is 4.48. The molecule has 0 atom stereocenters. The molecule has 1 aromatic heterocycles. The van der Waals surface area contributed by atoms with Gasteiger partial charge < -0.3 is 26.4 Å². The number of aromatic nitrogens is 2. The fraction of sp³-hybridized carbons (Fsp3) is 0.588. The van der Waals surface area contributed by atoms with Gasteiger partial charge in [0.05, 0.1) is 17.9 Å². The maximum absolute atomic E-state index is 5.86. The number of hydrogen-bond donors (Lipinski definition) is 3. The van der Waals surface area contributed by atoms with Gasteiger partial charge in [-0.15, -0.1) is 0 Å². The molecule has 1 aliphatic rings. The van der Waals surface area contributed by atoms with Crippen molar-refractivity contribution in [2.24, 2.45) is 22.4 Å². The summed E-state index contributed by atoms with van der Waals surface area (Å²) in [6.45, 7) is 4.89. The van der Waals surface area contributed by atoms with Gasteiger partial charge in [0.25, 0.3) is 0 Å². The number of ether oxygens (including phenoxy) is 1. The molecule has 2 heterocycles. The minimum Gasteiger partial charge on any atom is -0.404 e. The number of rotatable bonds is 8. The van der Waals surface area contributed by atoms with Crippen molar-refractivity contribution in [2.75, 3.05) is 52.3 Å². The molecule has 0 aromatic carbocycles. The van der Waals surface area contributed by atoms with Gasteiger partial charge in [0.1, 0.15) is 5.84 Å². The SMILES string of the molecule is CN=C(N)C(=CN)c1ccnc(NCC2CCN(CCOC)CC2)n1. The molecule has 25 heavy (non-hydrogen) atoms. The fourth-order valence-electron chi connectivity index (χ4n) is 2.89. The molecule has 8 nitrogen and oxygen atoms in total. The Bertz CT molecular complexity index is 594. The first kappa shape index (κ1) is 19.1. The van der Waals surface area contributed by atoms with Crippen molar-refractivity contribution >= 4 is 17.4 Å². The highest BCUT2D eigenvalue weighted by Gasteiger charge is 2.19. The van der Waals surface area contributed by atoms with Crippen LogP contribution in [0.15, 0.2) is 23.5 Å². The zero-order valence-corrected chi connectivity index (χ0v) is 15.1. The molecule has 2 rings (SSSR count). The monoisotopic (exact) mass is 347 g/mol. The Kier molecular flexibility index (Phi) is 7.62. The van der Waals surface area contributed by atoms with Gasteiger partial charge in [0.2, 0.25) is 5.95 Å². The fourth-order valence-corrected chi connectivity index (χ4v) is 2.89. The Morgan fingerprint density at radius 2 is 2.24 bits per heavy atom. The average Bonchev–Trinajstić information content (AvgIpc) is 2.66. The molecule has 5 N–H and O–H groups in total. The van der Waals surface area contributed by atoms with Gasteiger partial charge in [-0.05, 0) is 37.9 Å². The van der Waals surface area contributed by atoms with Crippen molar-refractivity contribution in [2.45, 2.75) is 12.8 Å². The summed E-state index contributed by atoms with van der Waals surface area (Å²) in [4.78, 5) is 15.2. The molecule has 0 bridgehead atoms. The van der Waals surface area contributed by atoms with E-state index in [1.54, 1.807) is 26.4 Å². The molecule has 0 spiro atoms. The largest absolute Gasteiger partial charge is 0.404 e. The summed E-state index contributed by atoms with van der Waals surface area (Å²) >= 11 is 0. The van der Waals surface area contributed by atoms with E-state index in [1.165, 1.54) is 19.0 Å². The van der Waals surface area contributed by atoms with Crippen LogP contribution in [-0.2, 0) is 4.74 Å². The number of piperidine rings is 1. The highest BCUT2D eigenvalue weighted by atomic mass is 16.5. The summed E-state index contributed by atoms with van der Waals surface area (Å²) in [6.07, 6.45) is 5.45. The lowest BCUT2D eigenvalue weighted by molar-refractivity contribution is 0.122. The van der Waals surface area contributed by atoms with Crippen LogP contribution in [0.2, 0.25) is 0 Å². The summed E-state index contributed by atoms with van der Waals surface area (Å²) in [5.41, 5.74) is 12.8. The lowest BCUT2D eigenvalue weighted by Crippen LogP contribution is -2.37. The summed E-state index contributed by atoms with van der Waals surface area (Å²) in [5, 5.41) is 3.33. The highest BCUT2D eigenvalue weighted by Crippen LogP contribution is 2.18. The number of likely N-dealkylation sites (tertiary alicyclic amines) is 1. The number of nitrogens with zero attached hydrogens (tertiary/aromatic N) is 4. The number of methoxy groups -OCH3 is 1. The van der Waals surface area contributed by atoms with Gasteiger partial charge in [-0.2, -0.15) is 0 Å². The average molecular weight is 347 g/mol. The first-order chi connectivity index (χ1) is 12.2. The maximum atomic E-state index is 5.86. The second kappa shape index (κ2) is 9.95. The number of anilines is 1. The van der Waals surface area contributed by atoms with Crippen LogP contribution in [0.5, 0.6) is 0 Å². The summed E-state index contributed by atoms with van der Waals surface area (Å²) < 4.78 is 5.14. The molecule has 8 heteroatoms.